The van der Waals surface area contributed by atoms with Gasteiger partial charge in [0.05, 0.1) is 6.61 Å². The van der Waals surface area contributed by atoms with E-state index in [1.165, 1.54) is 16.3 Å². The third kappa shape index (κ3) is 4.46. The first-order valence-electron chi connectivity index (χ1n) is 6.81. The van der Waals surface area contributed by atoms with Gasteiger partial charge >= 0.3 is 0 Å². The van der Waals surface area contributed by atoms with E-state index in [0.29, 0.717) is 16.4 Å². The summed E-state index contributed by atoms with van der Waals surface area (Å²) in [6, 6.07) is 15.9. The minimum Gasteiger partial charge on any atom is -0.417 e. The number of hydrogen-bond acceptors (Lipinski definition) is 2. The van der Waals surface area contributed by atoms with E-state index in [1.807, 2.05) is 0 Å². The Morgan fingerprint density at radius 2 is 1.84 bits per heavy atom. The zero-order chi connectivity index (χ0) is 13.3. The summed E-state index contributed by atoms with van der Waals surface area (Å²) in [6.45, 7) is 4.38. The van der Waals surface area contributed by atoms with Crippen molar-refractivity contribution < 1.29 is 9.16 Å². The van der Waals surface area contributed by atoms with E-state index >= 15 is 0 Å². The molecule has 0 aliphatic rings. The molecule has 3 heteroatoms. The van der Waals surface area contributed by atoms with Crippen LogP contribution in [0.25, 0.3) is 10.8 Å². The molecular weight excluding hydrogens is 252 g/mol. The molecule has 0 spiro atoms. The van der Waals surface area contributed by atoms with Crippen LogP contribution >= 0.6 is 0 Å². The van der Waals surface area contributed by atoms with E-state index in [4.69, 9.17) is 9.16 Å². The summed E-state index contributed by atoms with van der Waals surface area (Å²) >= 11 is 0. The second-order valence-corrected chi connectivity index (χ2v) is 5.68. The second kappa shape index (κ2) is 8.10. The molecule has 0 aliphatic carbocycles. The molecule has 0 fully saturated rings. The summed E-state index contributed by atoms with van der Waals surface area (Å²) in [4.78, 5) is 0. The molecule has 0 saturated carbocycles. The van der Waals surface area contributed by atoms with E-state index in [0.717, 1.165) is 25.7 Å². The monoisotopic (exact) mass is 272 g/mol. The van der Waals surface area contributed by atoms with Gasteiger partial charge in [-0.15, -0.1) is 0 Å². The predicted octanol–water partition coefficient (Wildman–Crippen LogP) is 3.82. The maximum atomic E-state index is 5.73. The Morgan fingerprint density at radius 3 is 2.74 bits per heavy atom. The lowest BCUT2D eigenvalue weighted by molar-refractivity contribution is 0.108. The highest BCUT2D eigenvalue weighted by molar-refractivity contribution is 6.26. The van der Waals surface area contributed by atoms with Crippen LogP contribution in [-0.2, 0) is 15.8 Å². The Hall–Kier alpha value is -1.16. The molecule has 2 nitrogen and oxygen atoms in total. The van der Waals surface area contributed by atoms with Crippen LogP contribution in [0.2, 0.25) is 6.04 Å². The Balaban J connectivity index is 1.78. The summed E-state index contributed by atoms with van der Waals surface area (Å²) in [6.07, 6.45) is 0.970. The second-order valence-electron chi connectivity index (χ2n) is 4.39. The molecule has 0 atom stereocenters. The summed E-state index contributed by atoms with van der Waals surface area (Å²) in [5.41, 5.74) is 1.26. The van der Waals surface area contributed by atoms with Crippen LogP contribution in [0.3, 0.4) is 0 Å². The maximum absolute atomic E-state index is 5.73. The van der Waals surface area contributed by atoms with Gasteiger partial charge in [-0.25, -0.2) is 0 Å². The smallest absolute Gasteiger partial charge is 0.229 e. The van der Waals surface area contributed by atoms with Gasteiger partial charge in [-0.05, 0) is 28.8 Å². The number of ether oxygens (including phenoxy) is 1. The van der Waals surface area contributed by atoms with Gasteiger partial charge in [-0.1, -0.05) is 49.4 Å². The quantitative estimate of drug-likeness (QED) is 0.537. The van der Waals surface area contributed by atoms with Gasteiger partial charge in [0.25, 0.3) is 0 Å². The van der Waals surface area contributed by atoms with Crippen LogP contribution in [0.15, 0.2) is 42.5 Å². The Bertz CT molecular complexity index is 494. The summed E-state index contributed by atoms with van der Waals surface area (Å²) in [5.74, 6) is 0. The van der Waals surface area contributed by atoms with Crippen molar-refractivity contribution in [1.29, 1.82) is 0 Å². The Kier molecular flexibility index (Phi) is 6.07. The van der Waals surface area contributed by atoms with Gasteiger partial charge in [-0.3, -0.25) is 0 Å². The highest BCUT2D eigenvalue weighted by atomic mass is 28.2. The minimum absolute atomic E-state index is 0.631. The molecule has 2 aromatic rings. The van der Waals surface area contributed by atoms with Crippen molar-refractivity contribution in [1.82, 2.24) is 0 Å². The van der Waals surface area contributed by atoms with Gasteiger partial charge in [0, 0.05) is 13.2 Å². The maximum Gasteiger partial charge on any atom is 0.229 e. The van der Waals surface area contributed by atoms with E-state index in [1.54, 1.807) is 0 Å². The number of hydrogen-bond donors (Lipinski definition) is 0. The van der Waals surface area contributed by atoms with Gasteiger partial charge < -0.3 is 9.16 Å². The first kappa shape index (κ1) is 14.3. The molecule has 0 amide bonds. The summed E-state index contributed by atoms with van der Waals surface area (Å²) < 4.78 is 11.2. The molecule has 2 aromatic carbocycles. The van der Waals surface area contributed by atoms with Crippen molar-refractivity contribution in [2.45, 2.75) is 26.0 Å². The Morgan fingerprint density at radius 1 is 1.00 bits per heavy atom. The molecule has 19 heavy (non-hydrogen) atoms. The lowest BCUT2D eigenvalue weighted by Gasteiger charge is -2.08. The van der Waals surface area contributed by atoms with Crippen molar-refractivity contribution in [2.75, 3.05) is 13.2 Å². The third-order valence-electron chi connectivity index (χ3n) is 2.92. The van der Waals surface area contributed by atoms with Crippen LogP contribution < -0.4 is 0 Å². The zero-order valence-electron chi connectivity index (χ0n) is 11.4. The molecule has 100 valence electrons. The molecular formula is C16H20O2Si. The Labute approximate surface area is 117 Å². The van der Waals surface area contributed by atoms with Gasteiger partial charge in [0.2, 0.25) is 9.76 Å². The van der Waals surface area contributed by atoms with Crippen LogP contribution in [-0.4, -0.2) is 23.0 Å². The van der Waals surface area contributed by atoms with E-state index < -0.39 is 0 Å². The van der Waals surface area contributed by atoms with Gasteiger partial charge in [0.15, 0.2) is 0 Å². The standard InChI is InChI=1S/C16H20O2Si/c1-2-19-18-12-6-11-17-13-15-9-5-8-14-7-3-4-10-16(14)15/h3-5,7-10H,2,6,11-13H2,1H3. The van der Waals surface area contributed by atoms with E-state index in [-0.39, 0.29) is 0 Å². The van der Waals surface area contributed by atoms with Crippen molar-refractivity contribution in [3.05, 3.63) is 48.0 Å². The molecule has 0 heterocycles. The molecule has 2 rings (SSSR count). The van der Waals surface area contributed by atoms with E-state index in [9.17, 15) is 0 Å². The predicted molar refractivity (Wildman–Crippen MR) is 80.4 cm³/mol. The van der Waals surface area contributed by atoms with Crippen molar-refractivity contribution >= 4 is 20.5 Å². The summed E-state index contributed by atoms with van der Waals surface area (Å²) in [7, 11) is 0.631. The normalized spacial score (nSPS) is 11.0. The topological polar surface area (TPSA) is 18.5 Å². The van der Waals surface area contributed by atoms with Crippen LogP contribution in [0.4, 0.5) is 0 Å². The van der Waals surface area contributed by atoms with Crippen molar-refractivity contribution in [3.8, 4) is 0 Å². The average Bonchev–Trinajstić information content (AvgIpc) is 2.46. The SMILES string of the molecule is CC[Si]OCCCOCc1cccc2ccccc12. The van der Waals surface area contributed by atoms with E-state index in [2.05, 4.69) is 49.4 Å². The third-order valence-corrected chi connectivity index (χ3v) is 3.62. The van der Waals surface area contributed by atoms with Crippen LogP contribution in [0, 0.1) is 0 Å². The molecule has 0 bridgehead atoms. The van der Waals surface area contributed by atoms with Gasteiger partial charge in [-0.2, -0.15) is 0 Å². The molecule has 0 aliphatic heterocycles. The average molecular weight is 272 g/mol. The molecule has 0 N–H and O–H groups in total. The molecule has 0 aromatic heterocycles. The van der Waals surface area contributed by atoms with Gasteiger partial charge in [0.1, 0.15) is 0 Å². The molecule has 2 radical (unpaired) electrons. The number of fused-ring (bicyclic) bond motifs is 1. The van der Waals surface area contributed by atoms with Crippen molar-refractivity contribution in [3.63, 3.8) is 0 Å². The molecule has 0 saturated heterocycles. The lowest BCUT2D eigenvalue weighted by atomic mass is 10.1. The largest absolute Gasteiger partial charge is 0.417 e. The fourth-order valence-electron chi connectivity index (χ4n) is 2.01. The fourth-order valence-corrected chi connectivity index (χ4v) is 2.50. The first-order valence-corrected chi connectivity index (χ1v) is 7.92. The highest BCUT2D eigenvalue weighted by Gasteiger charge is 2.00. The van der Waals surface area contributed by atoms with Crippen LogP contribution in [0.1, 0.15) is 18.9 Å². The zero-order valence-corrected chi connectivity index (χ0v) is 12.4. The number of benzene rings is 2. The van der Waals surface area contributed by atoms with Crippen LogP contribution in [0.5, 0.6) is 0 Å². The number of rotatable bonds is 8. The highest BCUT2D eigenvalue weighted by Crippen LogP contribution is 2.19. The van der Waals surface area contributed by atoms with Crippen molar-refractivity contribution in [2.24, 2.45) is 0 Å². The lowest BCUT2D eigenvalue weighted by Crippen LogP contribution is -2.03. The minimum atomic E-state index is 0.631. The first-order chi connectivity index (χ1) is 9.42. The fraction of sp³-hybridized carbons (Fsp3) is 0.375. The summed E-state index contributed by atoms with van der Waals surface area (Å²) in [5, 5.41) is 2.56. The molecule has 0 unspecified atom stereocenters.